The van der Waals surface area contributed by atoms with Crippen molar-refractivity contribution in [2.24, 2.45) is 0 Å². The third-order valence-corrected chi connectivity index (χ3v) is 20.2. The minimum atomic E-state index is -1.93. The highest BCUT2D eigenvalue weighted by Gasteiger charge is 2.30. The Balaban J connectivity index is 2.79. The first-order valence-electron chi connectivity index (χ1n) is 12.0. The van der Waals surface area contributed by atoms with Gasteiger partial charge >= 0.3 is 0 Å². The van der Waals surface area contributed by atoms with Gasteiger partial charge in [-0.25, -0.2) is 0 Å². The topological polar surface area (TPSA) is 0 Å². The van der Waals surface area contributed by atoms with Crippen LogP contribution in [0.25, 0.3) is 0 Å². The molecule has 0 radical (unpaired) electrons. The fourth-order valence-electron chi connectivity index (χ4n) is 3.47. The van der Waals surface area contributed by atoms with Gasteiger partial charge in [0.25, 0.3) is 0 Å². The molecule has 0 aromatic heterocycles. The second kappa shape index (κ2) is 9.71. The van der Waals surface area contributed by atoms with Crippen LogP contribution >= 0.6 is 0 Å². The summed E-state index contributed by atoms with van der Waals surface area (Å²) >= 11 is 0. The van der Waals surface area contributed by atoms with Gasteiger partial charge in [-0.1, -0.05) is 88.0 Å². The normalized spacial score (nSPS) is 33.9. The van der Waals surface area contributed by atoms with Gasteiger partial charge in [-0.15, -0.1) is 44.3 Å². The standard InChI is InChI=1S/C26H42Si6/c1-27(2)15-16-28(3,4)20-25-32(10)14-12-11-13-31(9,23-19-27)24-21-29(5,6)17-18-30(7,8)22-26-32/h15-18H,11-14H2,1-10H3/b16-15-,18-17-. The number of rotatable bonds is 0. The molecule has 2 bridgehead atoms. The number of fused-ring (bicyclic) bond motifs is 5. The lowest BCUT2D eigenvalue weighted by atomic mass is 10.4. The van der Waals surface area contributed by atoms with E-state index in [0.717, 1.165) is 0 Å². The van der Waals surface area contributed by atoms with E-state index in [0.29, 0.717) is 0 Å². The third-order valence-electron chi connectivity index (χ3n) is 6.08. The molecule has 0 unspecified atom stereocenters. The minimum Gasteiger partial charge on any atom is -0.132 e. The molecule has 0 saturated heterocycles. The molecule has 0 fully saturated rings. The Morgan fingerprint density at radius 3 is 0.812 bits per heavy atom. The molecular weight excluding hydrogens is 481 g/mol. The molecule has 2 heterocycles. The van der Waals surface area contributed by atoms with Gasteiger partial charge in [-0.3, -0.25) is 0 Å². The molecule has 0 spiro atoms. The lowest BCUT2D eigenvalue weighted by molar-refractivity contribution is 0.862. The summed E-state index contributed by atoms with van der Waals surface area (Å²) in [5.41, 5.74) is 40.4. The minimum absolute atomic E-state index is 1.18. The summed E-state index contributed by atoms with van der Waals surface area (Å²) in [7, 11) is -10.8. The highest BCUT2D eigenvalue weighted by Crippen LogP contribution is 2.21. The summed E-state index contributed by atoms with van der Waals surface area (Å²) < 4.78 is 0. The average Bonchev–Trinajstić information content (AvgIpc) is 2.69. The second-order valence-corrected chi connectivity index (χ2v) is 35.9. The number of hydrogen-bond donors (Lipinski definition) is 0. The predicted molar refractivity (Wildman–Crippen MR) is 161 cm³/mol. The first-order chi connectivity index (χ1) is 14.4. The smallest absolute Gasteiger partial charge is 0.132 e. The zero-order valence-electron chi connectivity index (χ0n) is 22.1. The van der Waals surface area contributed by atoms with Gasteiger partial charge in [0.05, 0.1) is 0 Å². The van der Waals surface area contributed by atoms with Crippen molar-refractivity contribution in [1.29, 1.82) is 0 Å². The SMILES string of the molecule is C[Si]1(C)C#C[Si]2(C)C#C[Si](C)(C)/C=C\[Si](C)(C)C#C[Si](C)(C#C[Si](C)(C)/C=C\1)CCCC2. The van der Waals surface area contributed by atoms with Gasteiger partial charge in [0.15, 0.2) is 32.3 Å². The zero-order chi connectivity index (χ0) is 24.3. The van der Waals surface area contributed by atoms with E-state index in [2.05, 4.69) is 133 Å². The molecule has 0 aromatic carbocycles. The van der Waals surface area contributed by atoms with E-state index in [1.165, 1.54) is 24.9 Å². The Hall–Kier alpha value is -0.979. The lowest BCUT2D eigenvalue weighted by Crippen LogP contribution is -2.35. The third kappa shape index (κ3) is 9.11. The van der Waals surface area contributed by atoms with E-state index in [1.807, 2.05) is 0 Å². The van der Waals surface area contributed by atoms with Crippen LogP contribution in [0.1, 0.15) is 12.8 Å². The van der Waals surface area contributed by atoms with Crippen LogP contribution in [0.2, 0.25) is 77.6 Å². The van der Waals surface area contributed by atoms with E-state index in [9.17, 15) is 0 Å². The maximum absolute atomic E-state index is 3.84. The van der Waals surface area contributed by atoms with Gasteiger partial charge in [0, 0.05) is 0 Å². The Kier molecular flexibility index (Phi) is 8.28. The summed E-state index contributed by atoms with van der Waals surface area (Å²) in [6, 6.07) is 2.36. The first-order valence-corrected chi connectivity index (χ1v) is 29.8. The summed E-state index contributed by atoms with van der Waals surface area (Å²) in [5.74, 6) is 0. The quantitative estimate of drug-likeness (QED) is 0.256. The molecular formula is C26H42Si6. The van der Waals surface area contributed by atoms with E-state index in [-0.39, 0.29) is 0 Å². The molecule has 32 heavy (non-hydrogen) atoms. The molecule has 6 heteroatoms. The monoisotopic (exact) mass is 522 g/mol. The van der Waals surface area contributed by atoms with E-state index < -0.39 is 48.4 Å². The average molecular weight is 523 g/mol. The molecule has 2 rings (SSSR count). The lowest BCUT2D eigenvalue weighted by Gasteiger charge is -2.22. The van der Waals surface area contributed by atoms with Gasteiger partial charge < -0.3 is 0 Å². The second-order valence-electron chi connectivity index (χ2n) is 12.4. The van der Waals surface area contributed by atoms with Crippen molar-refractivity contribution < 1.29 is 0 Å². The van der Waals surface area contributed by atoms with Crippen molar-refractivity contribution in [3.63, 3.8) is 0 Å². The van der Waals surface area contributed by atoms with Crippen molar-refractivity contribution in [3.8, 4) is 44.3 Å². The zero-order valence-corrected chi connectivity index (χ0v) is 28.1. The van der Waals surface area contributed by atoms with Crippen molar-refractivity contribution in [2.45, 2.75) is 90.4 Å². The van der Waals surface area contributed by atoms with Crippen LogP contribution in [0.5, 0.6) is 0 Å². The Morgan fingerprint density at radius 1 is 0.375 bits per heavy atom. The van der Waals surface area contributed by atoms with Crippen LogP contribution < -0.4 is 0 Å². The summed E-state index contributed by atoms with van der Waals surface area (Å²) in [4.78, 5) is 0. The molecule has 0 nitrogen and oxygen atoms in total. The van der Waals surface area contributed by atoms with Crippen LogP contribution in [0.3, 0.4) is 0 Å². The molecule has 2 aliphatic rings. The van der Waals surface area contributed by atoms with Crippen LogP contribution in [0.15, 0.2) is 22.8 Å². The van der Waals surface area contributed by atoms with Crippen molar-refractivity contribution >= 4 is 48.4 Å². The van der Waals surface area contributed by atoms with Crippen LogP contribution in [0.4, 0.5) is 0 Å². The van der Waals surface area contributed by atoms with Gasteiger partial charge in [-0.05, 0) is 25.2 Å². The van der Waals surface area contributed by atoms with Crippen LogP contribution in [0, 0.1) is 44.3 Å². The molecule has 0 amide bonds. The van der Waals surface area contributed by atoms with Crippen molar-refractivity contribution in [3.05, 3.63) is 22.8 Å². The molecule has 0 aromatic rings. The molecule has 0 atom stereocenters. The Labute approximate surface area is 205 Å². The molecule has 0 N–H and O–H groups in total. The maximum atomic E-state index is 3.84. The molecule has 170 valence electrons. The fraction of sp³-hybridized carbons (Fsp3) is 0.538. The molecule has 2 aliphatic heterocycles. The predicted octanol–water partition coefficient (Wildman–Crippen LogP) is 6.38. The molecule has 0 saturated carbocycles. The summed E-state index contributed by atoms with van der Waals surface area (Å²) in [6.45, 7) is 23.8. The van der Waals surface area contributed by atoms with Crippen molar-refractivity contribution in [2.75, 3.05) is 0 Å². The summed E-state index contributed by atoms with van der Waals surface area (Å²) in [6.07, 6.45) is 2.44. The highest BCUT2D eigenvalue weighted by atomic mass is 28.3. The van der Waals surface area contributed by atoms with E-state index in [4.69, 9.17) is 0 Å². The van der Waals surface area contributed by atoms with Gasteiger partial charge in [0.1, 0.15) is 0 Å². The fourth-order valence-corrected chi connectivity index (χ4v) is 22.6. The van der Waals surface area contributed by atoms with Crippen LogP contribution in [-0.2, 0) is 0 Å². The van der Waals surface area contributed by atoms with E-state index >= 15 is 0 Å². The van der Waals surface area contributed by atoms with E-state index in [1.54, 1.807) is 0 Å². The Morgan fingerprint density at radius 2 is 0.594 bits per heavy atom. The number of hydrogen-bond acceptors (Lipinski definition) is 0. The highest BCUT2D eigenvalue weighted by molar-refractivity contribution is 7.01. The van der Waals surface area contributed by atoms with Crippen LogP contribution in [-0.4, -0.2) is 48.4 Å². The largest absolute Gasteiger partial charge is 0.212 e. The molecule has 0 aliphatic carbocycles. The Bertz CT molecular complexity index is 885. The van der Waals surface area contributed by atoms with Gasteiger partial charge in [0.2, 0.25) is 16.1 Å². The van der Waals surface area contributed by atoms with Gasteiger partial charge in [-0.2, -0.15) is 0 Å². The first kappa shape index (κ1) is 27.3. The summed E-state index contributed by atoms with van der Waals surface area (Å²) in [5, 5.41) is 0. The maximum Gasteiger partial charge on any atom is 0.212 e. The van der Waals surface area contributed by atoms with Crippen molar-refractivity contribution in [1.82, 2.24) is 0 Å².